The molecule has 0 spiro atoms. The lowest BCUT2D eigenvalue weighted by Crippen LogP contribution is -2.09. The number of ether oxygens (including phenoxy) is 2. The largest absolute Gasteiger partial charge is 0.454 e. The predicted octanol–water partition coefficient (Wildman–Crippen LogP) is 2.41. The molecule has 1 aromatic heterocycles. The molecule has 1 aromatic carbocycles. The number of H-pyrrole nitrogens is 1. The number of hydrogen-bond donors (Lipinski definition) is 2. The molecule has 0 bridgehead atoms. The number of aryl methyl sites for hydroxylation is 2. The lowest BCUT2D eigenvalue weighted by atomic mass is 10.2. The first-order valence-electron chi connectivity index (χ1n) is 6.54. The summed E-state index contributed by atoms with van der Waals surface area (Å²) in [6.07, 6.45) is 3.20. The Morgan fingerprint density at radius 2 is 2.14 bits per heavy atom. The van der Waals surface area contributed by atoms with Crippen molar-refractivity contribution in [3.8, 4) is 11.5 Å². The van der Waals surface area contributed by atoms with Gasteiger partial charge in [-0.2, -0.15) is 5.10 Å². The van der Waals surface area contributed by atoms with Crippen LogP contribution in [0.4, 0.5) is 5.69 Å². The number of hydrogen-bond acceptors (Lipinski definition) is 4. The minimum absolute atomic E-state index is 0.208. The van der Waals surface area contributed by atoms with Gasteiger partial charge < -0.3 is 14.8 Å². The van der Waals surface area contributed by atoms with Crippen molar-refractivity contribution in [2.45, 2.75) is 13.8 Å². The monoisotopic (exact) mass is 285 g/mol. The van der Waals surface area contributed by atoms with Gasteiger partial charge in [0.05, 0.1) is 17.1 Å². The number of aromatic amines is 1. The Bertz CT molecular complexity index is 699. The first-order valence-corrected chi connectivity index (χ1v) is 6.54. The Morgan fingerprint density at radius 3 is 2.90 bits per heavy atom. The normalized spacial score (nSPS) is 12.9. The molecular weight excluding hydrogens is 270 g/mol. The molecule has 108 valence electrons. The maximum absolute atomic E-state index is 11.9. The number of benzene rings is 1. The summed E-state index contributed by atoms with van der Waals surface area (Å²) in [5.41, 5.74) is 3.18. The zero-order valence-corrected chi connectivity index (χ0v) is 11.8. The van der Waals surface area contributed by atoms with Crippen LogP contribution in [0.3, 0.4) is 0 Å². The van der Waals surface area contributed by atoms with Crippen LogP contribution >= 0.6 is 0 Å². The van der Waals surface area contributed by atoms with E-state index in [1.807, 2.05) is 32.0 Å². The Hall–Kier alpha value is -2.76. The van der Waals surface area contributed by atoms with Crippen LogP contribution in [0.25, 0.3) is 6.08 Å². The standard InChI is InChI=1S/C15H15N3O3/c1-9-15(10(2)18-17-9)16-14(19)6-4-11-3-5-12-13(7-11)21-8-20-12/h3-7H,8H2,1-2H3,(H,16,19)(H,17,18)/b6-4+. The summed E-state index contributed by atoms with van der Waals surface area (Å²) in [6.45, 7) is 3.93. The van der Waals surface area contributed by atoms with Gasteiger partial charge in [0.15, 0.2) is 11.5 Å². The van der Waals surface area contributed by atoms with Crippen LogP contribution in [-0.4, -0.2) is 22.9 Å². The highest BCUT2D eigenvalue weighted by molar-refractivity contribution is 6.02. The lowest BCUT2D eigenvalue weighted by molar-refractivity contribution is -0.111. The summed E-state index contributed by atoms with van der Waals surface area (Å²) in [5, 5.41) is 9.66. The first kappa shape index (κ1) is 13.2. The molecule has 6 nitrogen and oxygen atoms in total. The molecule has 1 aliphatic heterocycles. The molecule has 0 atom stereocenters. The summed E-state index contributed by atoms with van der Waals surface area (Å²) in [4.78, 5) is 11.9. The second-order valence-electron chi connectivity index (χ2n) is 4.74. The third-order valence-electron chi connectivity index (χ3n) is 3.20. The minimum atomic E-state index is -0.208. The molecule has 0 unspecified atom stereocenters. The van der Waals surface area contributed by atoms with Crippen LogP contribution in [0.2, 0.25) is 0 Å². The van der Waals surface area contributed by atoms with E-state index in [2.05, 4.69) is 15.5 Å². The lowest BCUT2D eigenvalue weighted by Gasteiger charge is -2.01. The fraction of sp³-hybridized carbons (Fsp3) is 0.200. The molecule has 2 aromatic rings. The van der Waals surface area contributed by atoms with Crippen molar-refractivity contribution in [3.63, 3.8) is 0 Å². The maximum atomic E-state index is 11.9. The summed E-state index contributed by atoms with van der Waals surface area (Å²) >= 11 is 0. The van der Waals surface area contributed by atoms with Crippen LogP contribution in [0.1, 0.15) is 17.0 Å². The SMILES string of the molecule is Cc1n[nH]c(C)c1NC(=O)/C=C/c1ccc2c(c1)OCO2. The van der Waals surface area contributed by atoms with E-state index in [1.54, 1.807) is 6.08 Å². The van der Waals surface area contributed by atoms with Gasteiger partial charge in [0.2, 0.25) is 12.7 Å². The average molecular weight is 285 g/mol. The molecule has 0 saturated carbocycles. The Morgan fingerprint density at radius 1 is 1.33 bits per heavy atom. The fourth-order valence-electron chi connectivity index (χ4n) is 2.09. The number of aromatic nitrogens is 2. The number of anilines is 1. The second kappa shape index (κ2) is 5.32. The highest BCUT2D eigenvalue weighted by Gasteiger charge is 2.12. The summed E-state index contributed by atoms with van der Waals surface area (Å²) < 4.78 is 10.5. The summed E-state index contributed by atoms with van der Waals surface area (Å²) in [6, 6.07) is 5.52. The highest BCUT2D eigenvalue weighted by Crippen LogP contribution is 2.32. The Kier molecular flexibility index (Phi) is 3.35. The van der Waals surface area contributed by atoms with Crippen molar-refractivity contribution in [2.75, 3.05) is 12.1 Å². The van der Waals surface area contributed by atoms with Crippen LogP contribution < -0.4 is 14.8 Å². The molecule has 3 rings (SSSR count). The number of carbonyl (C=O) groups is 1. The molecule has 1 aliphatic rings. The van der Waals surface area contributed by atoms with Crippen molar-refractivity contribution >= 4 is 17.7 Å². The number of fused-ring (bicyclic) bond motifs is 1. The van der Waals surface area contributed by atoms with Gasteiger partial charge in [-0.05, 0) is 37.6 Å². The van der Waals surface area contributed by atoms with Gasteiger partial charge in [-0.3, -0.25) is 9.89 Å². The fourth-order valence-corrected chi connectivity index (χ4v) is 2.09. The van der Waals surface area contributed by atoms with E-state index in [0.717, 1.165) is 28.4 Å². The summed E-state index contributed by atoms with van der Waals surface area (Å²) in [7, 11) is 0. The highest BCUT2D eigenvalue weighted by atomic mass is 16.7. The van der Waals surface area contributed by atoms with Crippen LogP contribution in [0, 0.1) is 13.8 Å². The van der Waals surface area contributed by atoms with Gasteiger partial charge in [0.1, 0.15) is 0 Å². The number of nitrogens with zero attached hydrogens (tertiary/aromatic N) is 1. The van der Waals surface area contributed by atoms with E-state index >= 15 is 0 Å². The molecule has 0 radical (unpaired) electrons. The smallest absolute Gasteiger partial charge is 0.248 e. The Balaban J connectivity index is 1.70. The van der Waals surface area contributed by atoms with E-state index < -0.39 is 0 Å². The van der Waals surface area contributed by atoms with Gasteiger partial charge in [-0.1, -0.05) is 6.07 Å². The summed E-state index contributed by atoms with van der Waals surface area (Å²) in [5.74, 6) is 1.21. The van der Waals surface area contributed by atoms with Crippen molar-refractivity contribution < 1.29 is 14.3 Å². The quantitative estimate of drug-likeness (QED) is 0.849. The van der Waals surface area contributed by atoms with E-state index in [4.69, 9.17) is 9.47 Å². The van der Waals surface area contributed by atoms with Gasteiger partial charge in [-0.25, -0.2) is 0 Å². The molecular formula is C15H15N3O3. The third kappa shape index (κ3) is 2.74. The third-order valence-corrected chi connectivity index (χ3v) is 3.20. The van der Waals surface area contributed by atoms with Crippen molar-refractivity contribution in [1.29, 1.82) is 0 Å². The molecule has 6 heteroatoms. The van der Waals surface area contributed by atoms with Gasteiger partial charge in [0, 0.05) is 6.08 Å². The van der Waals surface area contributed by atoms with E-state index in [9.17, 15) is 4.79 Å². The molecule has 0 saturated heterocycles. The number of carbonyl (C=O) groups excluding carboxylic acids is 1. The molecule has 21 heavy (non-hydrogen) atoms. The average Bonchev–Trinajstić information content (AvgIpc) is 3.06. The van der Waals surface area contributed by atoms with Gasteiger partial charge in [0.25, 0.3) is 0 Å². The molecule has 1 amide bonds. The van der Waals surface area contributed by atoms with Crippen molar-refractivity contribution in [2.24, 2.45) is 0 Å². The number of amides is 1. The zero-order chi connectivity index (χ0) is 14.8. The zero-order valence-electron chi connectivity index (χ0n) is 11.8. The van der Waals surface area contributed by atoms with E-state index in [1.165, 1.54) is 6.08 Å². The first-order chi connectivity index (χ1) is 10.1. The van der Waals surface area contributed by atoms with Crippen LogP contribution in [0.15, 0.2) is 24.3 Å². The number of nitrogens with one attached hydrogen (secondary N) is 2. The van der Waals surface area contributed by atoms with Crippen molar-refractivity contribution in [1.82, 2.24) is 10.2 Å². The van der Waals surface area contributed by atoms with E-state index in [-0.39, 0.29) is 12.7 Å². The second-order valence-corrected chi connectivity index (χ2v) is 4.74. The van der Waals surface area contributed by atoms with Crippen LogP contribution in [-0.2, 0) is 4.79 Å². The maximum Gasteiger partial charge on any atom is 0.248 e. The van der Waals surface area contributed by atoms with Gasteiger partial charge >= 0.3 is 0 Å². The number of rotatable bonds is 3. The molecule has 2 heterocycles. The molecule has 0 fully saturated rings. The van der Waals surface area contributed by atoms with Crippen molar-refractivity contribution in [3.05, 3.63) is 41.2 Å². The van der Waals surface area contributed by atoms with E-state index in [0.29, 0.717) is 5.75 Å². The van der Waals surface area contributed by atoms with Crippen LogP contribution in [0.5, 0.6) is 11.5 Å². The predicted molar refractivity (Wildman–Crippen MR) is 78.3 cm³/mol. The topological polar surface area (TPSA) is 76.2 Å². The Labute approximate surface area is 121 Å². The molecule has 0 aliphatic carbocycles. The minimum Gasteiger partial charge on any atom is -0.454 e. The van der Waals surface area contributed by atoms with Gasteiger partial charge in [-0.15, -0.1) is 0 Å². The molecule has 2 N–H and O–H groups in total.